The van der Waals surface area contributed by atoms with Gasteiger partial charge < -0.3 is 14.4 Å². The number of anilines is 1. The lowest BCUT2D eigenvalue weighted by molar-refractivity contribution is -0.384. The number of carboxylic acids is 1. The number of para-hydroxylation sites is 1. The number of fused-ring (bicyclic) bond motifs is 1. The van der Waals surface area contributed by atoms with Crippen molar-refractivity contribution < 1.29 is 20.6 Å². The predicted octanol–water partition coefficient (Wildman–Crippen LogP) is 8.40. The number of carboxylic acid groups (broad SMARTS) is 1. The van der Waals surface area contributed by atoms with Crippen molar-refractivity contribution >= 4 is 28.3 Å². The number of likely N-dealkylation sites (N-methyl/N-ethyl adjacent to an activating group) is 1. The molecule has 0 saturated heterocycles. The number of carbonyl (C=O) groups is 1. The van der Waals surface area contributed by atoms with Gasteiger partial charge in [-0.15, -0.1) is 0 Å². The molecule has 1 heterocycles. The van der Waals surface area contributed by atoms with Gasteiger partial charge in [-0.1, -0.05) is 109 Å². The molecule has 6 aromatic rings. The summed E-state index contributed by atoms with van der Waals surface area (Å²) in [5.41, 5.74) is 5.89. The van der Waals surface area contributed by atoms with Gasteiger partial charge in [-0.3, -0.25) is 10.1 Å². The molecule has 0 radical (unpaired) electrons. The molecule has 7 nitrogen and oxygen atoms in total. The van der Waals surface area contributed by atoms with Crippen molar-refractivity contribution in [2.75, 3.05) is 11.9 Å². The lowest BCUT2D eigenvalue weighted by Gasteiger charge is -2.27. The van der Waals surface area contributed by atoms with Crippen LogP contribution in [-0.2, 0) is 17.6 Å². The number of hydrogen-bond donors (Lipinski definition) is 1. The maximum absolute atomic E-state index is 12.3. The molecule has 0 bridgehead atoms. The number of rotatable bonds is 10. The number of nitrogens with zero attached hydrogens (tertiary/aromatic N) is 2. The second-order valence-electron chi connectivity index (χ2n) is 10.6. The van der Waals surface area contributed by atoms with E-state index in [0.717, 1.165) is 44.5 Å². The molecule has 6 rings (SSSR count). The van der Waals surface area contributed by atoms with Gasteiger partial charge in [0.25, 0.3) is 5.69 Å². The maximum atomic E-state index is 12.3. The van der Waals surface area contributed by atoms with Crippen molar-refractivity contribution in [3.8, 4) is 22.3 Å². The van der Waals surface area contributed by atoms with Gasteiger partial charge in [0.2, 0.25) is 0 Å². The Bertz CT molecular complexity index is 1960. The van der Waals surface area contributed by atoms with Crippen molar-refractivity contribution in [1.29, 1.82) is 0 Å². The van der Waals surface area contributed by atoms with E-state index in [0.29, 0.717) is 12.0 Å². The molecule has 5 aromatic carbocycles. The van der Waals surface area contributed by atoms with Gasteiger partial charge >= 0.3 is 5.97 Å². The van der Waals surface area contributed by atoms with E-state index in [4.69, 9.17) is 5.79 Å². The summed E-state index contributed by atoms with van der Waals surface area (Å²) in [6, 6.07) is 38.5. The zero-order chi connectivity index (χ0) is 31.3. The molecular formula is C37H30N2O5. The lowest BCUT2D eigenvalue weighted by Crippen LogP contribution is -2.40. The minimum Gasteiger partial charge on any atom is -0.480 e. The number of benzene rings is 5. The van der Waals surface area contributed by atoms with E-state index in [2.05, 4.69) is 12.1 Å². The van der Waals surface area contributed by atoms with Crippen LogP contribution in [0.2, 0.25) is 0 Å². The molecule has 0 spiro atoms. The smallest absolute Gasteiger partial charge is 0.326 e. The molecule has 218 valence electrons. The van der Waals surface area contributed by atoms with Crippen LogP contribution in [0.15, 0.2) is 132 Å². The monoisotopic (exact) mass is 583 g/mol. The summed E-state index contributed by atoms with van der Waals surface area (Å²) in [5.74, 6) is -0.299. The highest BCUT2D eigenvalue weighted by Crippen LogP contribution is 2.38. The van der Waals surface area contributed by atoms with E-state index in [-0.39, 0.29) is 17.8 Å². The zero-order valence-electron chi connectivity index (χ0n) is 24.8. The van der Waals surface area contributed by atoms with E-state index in [9.17, 15) is 20.0 Å². The second-order valence-corrected chi connectivity index (χ2v) is 10.6. The van der Waals surface area contributed by atoms with Crippen molar-refractivity contribution in [3.63, 3.8) is 0 Å². The molecule has 0 saturated carbocycles. The Labute approximate surface area is 256 Å². The molecule has 1 atom stereocenters. The first-order chi connectivity index (χ1) is 21.9. The first-order valence-electron chi connectivity index (χ1n) is 14.9. The predicted molar refractivity (Wildman–Crippen MR) is 173 cm³/mol. The third kappa shape index (κ3) is 5.80. The Morgan fingerprint density at radius 2 is 1.45 bits per heavy atom. The van der Waals surface area contributed by atoms with Crippen LogP contribution in [0, 0.1) is 10.1 Å². The van der Waals surface area contributed by atoms with Crippen molar-refractivity contribution in [3.05, 3.63) is 154 Å². The molecule has 7 heteroatoms. The van der Waals surface area contributed by atoms with Gasteiger partial charge in [0.05, 0.1) is 4.92 Å². The Morgan fingerprint density at radius 3 is 2.11 bits per heavy atom. The van der Waals surface area contributed by atoms with Gasteiger partial charge in [0.15, 0.2) is 0 Å². The lowest BCUT2D eigenvalue weighted by atomic mass is 9.96. The van der Waals surface area contributed by atoms with Crippen LogP contribution in [0.1, 0.15) is 18.3 Å². The van der Waals surface area contributed by atoms with Crippen molar-refractivity contribution in [1.82, 2.24) is 0 Å². The van der Waals surface area contributed by atoms with Crippen LogP contribution in [-0.4, -0.2) is 29.1 Å². The topological polar surface area (TPSA) is 96.8 Å². The summed E-state index contributed by atoms with van der Waals surface area (Å²) >= 11 is 0. The van der Waals surface area contributed by atoms with Crippen LogP contribution >= 0.6 is 0 Å². The minimum atomic E-state index is -1.15. The van der Waals surface area contributed by atoms with E-state index < -0.39 is 24.0 Å². The summed E-state index contributed by atoms with van der Waals surface area (Å²) in [6.07, 6.45) is 0.735. The number of furan rings is 1. The minimum absolute atomic E-state index is 0.0918. The van der Waals surface area contributed by atoms with Gasteiger partial charge in [-0.25, -0.2) is 4.79 Å². The molecule has 1 aromatic heterocycles. The molecule has 1 N–H and O–H groups in total. The Kier molecular flexibility index (Phi) is 7.58. The van der Waals surface area contributed by atoms with Gasteiger partial charge in [-0.2, -0.15) is 0 Å². The third-order valence-electron chi connectivity index (χ3n) is 7.80. The summed E-state index contributed by atoms with van der Waals surface area (Å²) in [4.78, 5) is 25.3. The zero-order valence-corrected chi connectivity index (χ0v) is 23.8. The molecule has 0 aliphatic rings. The maximum Gasteiger partial charge on any atom is 0.326 e. The van der Waals surface area contributed by atoms with E-state index in [1.165, 1.54) is 11.0 Å². The van der Waals surface area contributed by atoms with Gasteiger partial charge in [0, 0.05) is 38.3 Å². The van der Waals surface area contributed by atoms with Gasteiger partial charge in [-0.05, 0) is 39.9 Å². The Morgan fingerprint density at radius 1 is 0.841 bits per heavy atom. The number of hydrogen-bond acceptors (Lipinski definition) is 5. The standard InChI is InChI=1S/C37H30N2O5/c1-38(33(37(40)41)22-25-10-4-2-5-11-25)31-21-20-29(24-32(31)39(42)43)27-16-18-28(19-17-27)36-30-14-8-9-15-34(30)44-35(36)23-26-12-6-3-7-13-26/h2-21,24,33H,22-23H2,1H3,(H,40,41)/t33-/m0/s1/i1D. The van der Waals surface area contributed by atoms with E-state index in [1.807, 2.05) is 72.8 Å². The van der Waals surface area contributed by atoms with Crippen LogP contribution in [0.3, 0.4) is 0 Å². The molecular weight excluding hydrogens is 552 g/mol. The highest BCUT2D eigenvalue weighted by Gasteiger charge is 2.28. The average molecular weight is 584 g/mol. The van der Waals surface area contributed by atoms with Crippen LogP contribution in [0.5, 0.6) is 0 Å². The highest BCUT2D eigenvalue weighted by atomic mass is 16.6. The van der Waals surface area contributed by atoms with Crippen LogP contribution in [0.4, 0.5) is 11.4 Å². The largest absolute Gasteiger partial charge is 0.480 e. The molecule has 0 unspecified atom stereocenters. The second kappa shape index (κ2) is 12.3. The number of nitro groups is 1. The van der Waals surface area contributed by atoms with Crippen LogP contribution in [0.25, 0.3) is 33.2 Å². The van der Waals surface area contributed by atoms with E-state index >= 15 is 0 Å². The molecule has 0 amide bonds. The van der Waals surface area contributed by atoms with Crippen molar-refractivity contribution in [2.45, 2.75) is 18.9 Å². The summed E-state index contributed by atoms with van der Waals surface area (Å²) in [6.45, 7) is 0. The van der Waals surface area contributed by atoms with Gasteiger partial charge in [0.1, 0.15) is 23.1 Å². The summed E-state index contributed by atoms with van der Waals surface area (Å²) in [7, 11) is -0.456. The SMILES string of the molecule is [2H]CN(c1ccc(-c2ccc(-c3c(Cc4ccccc4)oc4ccccc34)cc2)cc1[N+](=O)[O-])[C@@H](Cc1ccccc1)C(=O)O. The Hall–Kier alpha value is -5.69. The number of nitro benzene ring substituents is 1. The number of aliphatic carboxylic acids is 1. The summed E-state index contributed by atoms with van der Waals surface area (Å²) < 4.78 is 14.4. The molecule has 0 fully saturated rings. The molecule has 0 aliphatic heterocycles. The highest BCUT2D eigenvalue weighted by molar-refractivity contribution is 5.96. The molecule has 44 heavy (non-hydrogen) atoms. The first kappa shape index (κ1) is 27.2. The third-order valence-corrected chi connectivity index (χ3v) is 7.80. The van der Waals surface area contributed by atoms with Crippen molar-refractivity contribution in [2.24, 2.45) is 0 Å². The van der Waals surface area contributed by atoms with E-state index in [1.54, 1.807) is 36.4 Å². The Balaban J connectivity index is 1.34. The quantitative estimate of drug-likeness (QED) is 0.128. The fourth-order valence-electron chi connectivity index (χ4n) is 5.58. The normalized spacial score (nSPS) is 12.0. The fourth-order valence-corrected chi connectivity index (χ4v) is 5.58. The average Bonchev–Trinajstić information content (AvgIpc) is 3.43. The van der Waals surface area contributed by atoms with Crippen LogP contribution < -0.4 is 4.90 Å². The fraction of sp³-hybridized carbons (Fsp3) is 0.108. The summed E-state index contributed by atoms with van der Waals surface area (Å²) in [5, 5.41) is 23.3. The molecule has 0 aliphatic carbocycles. The first-order valence-corrected chi connectivity index (χ1v) is 14.2.